The number of nitrogens with one attached hydrogen (secondary N) is 2. The Bertz CT molecular complexity index is 853. The minimum absolute atomic E-state index is 0.0480. The predicted octanol–water partition coefficient (Wildman–Crippen LogP) is 2.06. The first kappa shape index (κ1) is 19.2. The minimum Gasteiger partial charge on any atom is -0.399 e. The fourth-order valence-corrected chi connectivity index (χ4v) is 2.36. The SMILES string of the molecule is COC[C@H](C)CNc1ncnc(N)c1C(=N)C#Cc1cc(N)ccc1C. The lowest BCUT2D eigenvalue weighted by molar-refractivity contribution is 0.164. The van der Waals surface area contributed by atoms with E-state index in [1.165, 1.54) is 6.33 Å². The van der Waals surface area contributed by atoms with Crippen LogP contribution in [0.15, 0.2) is 24.5 Å². The van der Waals surface area contributed by atoms with Crippen LogP contribution in [0.1, 0.15) is 23.6 Å². The number of methoxy groups -OCH3 is 1. The number of nitrogens with zero attached hydrogens (tertiary/aromatic N) is 2. The fraction of sp³-hybridized carbons (Fsp3) is 0.316. The van der Waals surface area contributed by atoms with Crippen LogP contribution in [0.4, 0.5) is 17.3 Å². The lowest BCUT2D eigenvalue weighted by Crippen LogP contribution is -2.19. The zero-order valence-corrected chi connectivity index (χ0v) is 15.3. The van der Waals surface area contributed by atoms with Gasteiger partial charge in [-0.05, 0) is 36.5 Å². The van der Waals surface area contributed by atoms with E-state index in [0.717, 1.165) is 11.1 Å². The molecular formula is C19H24N6O. The Morgan fingerprint density at radius 1 is 1.35 bits per heavy atom. The maximum absolute atomic E-state index is 8.32. The molecule has 6 N–H and O–H groups in total. The Morgan fingerprint density at radius 3 is 2.85 bits per heavy atom. The summed E-state index contributed by atoms with van der Waals surface area (Å²) in [6.45, 7) is 5.24. The molecular weight excluding hydrogens is 328 g/mol. The molecule has 0 amide bonds. The van der Waals surface area contributed by atoms with E-state index in [9.17, 15) is 0 Å². The quantitative estimate of drug-likeness (QED) is 0.358. The molecule has 0 unspecified atom stereocenters. The van der Waals surface area contributed by atoms with Crippen molar-refractivity contribution >= 4 is 23.0 Å². The third kappa shape index (κ3) is 4.94. The molecule has 1 aromatic carbocycles. The van der Waals surface area contributed by atoms with Crippen LogP contribution in [0.3, 0.4) is 0 Å². The van der Waals surface area contributed by atoms with Crippen LogP contribution >= 0.6 is 0 Å². The van der Waals surface area contributed by atoms with E-state index in [2.05, 4.69) is 34.0 Å². The normalized spacial score (nSPS) is 11.3. The second kappa shape index (κ2) is 8.83. The van der Waals surface area contributed by atoms with Crippen molar-refractivity contribution in [1.29, 1.82) is 5.41 Å². The third-order valence-electron chi connectivity index (χ3n) is 3.78. The molecule has 0 saturated carbocycles. The second-order valence-corrected chi connectivity index (χ2v) is 6.12. The maximum atomic E-state index is 8.32. The van der Waals surface area contributed by atoms with E-state index in [0.29, 0.717) is 30.2 Å². The molecule has 2 rings (SSSR count). The summed E-state index contributed by atoms with van der Waals surface area (Å²) in [7, 11) is 1.66. The van der Waals surface area contributed by atoms with Gasteiger partial charge in [0, 0.05) is 24.9 Å². The molecule has 7 nitrogen and oxygen atoms in total. The van der Waals surface area contributed by atoms with Gasteiger partial charge in [0.25, 0.3) is 0 Å². The van der Waals surface area contributed by atoms with E-state index in [-0.39, 0.29) is 17.4 Å². The van der Waals surface area contributed by atoms with E-state index < -0.39 is 0 Å². The number of aryl methyl sites for hydroxylation is 1. The van der Waals surface area contributed by atoms with Crippen molar-refractivity contribution < 1.29 is 4.74 Å². The van der Waals surface area contributed by atoms with Crippen molar-refractivity contribution in [3.05, 3.63) is 41.2 Å². The van der Waals surface area contributed by atoms with Gasteiger partial charge in [0.2, 0.25) is 0 Å². The summed E-state index contributed by atoms with van der Waals surface area (Å²) < 4.78 is 5.13. The lowest BCUT2D eigenvalue weighted by Gasteiger charge is -2.14. The number of nitrogens with two attached hydrogens (primary N) is 2. The number of hydrogen-bond donors (Lipinski definition) is 4. The van der Waals surface area contributed by atoms with Crippen molar-refractivity contribution in [2.45, 2.75) is 13.8 Å². The minimum atomic E-state index is 0.0480. The molecule has 0 aliphatic heterocycles. The number of rotatable bonds is 6. The molecule has 26 heavy (non-hydrogen) atoms. The van der Waals surface area contributed by atoms with Crippen molar-refractivity contribution in [2.75, 3.05) is 37.0 Å². The van der Waals surface area contributed by atoms with Crippen LogP contribution in [0.2, 0.25) is 0 Å². The highest BCUT2D eigenvalue weighted by Crippen LogP contribution is 2.18. The first-order chi connectivity index (χ1) is 12.4. The first-order valence-electron chi connectivity index (χ1n) is 8.22. The van der Waals surface area contributed by atoms with Crippen molar-refractivity contribution in [3.63, 3.8) is 0 Å². The molecule has 2 aromatic rings. The zero-order valence-electron chi connectivity index (χ0n) is 15.3. The monoisotopic (exact) mass is 352 g/mol. The smallest absolute Gasteiger partial charge is 0.141 e. The molecule has 0 spiro atoms. The average molecular weight is 352 g/mol. The van der Waals surface area contributed by atoms with Gasteiger partial charge in [-0.1, -0.05) is 18.9 Å². The molecule has 0 radical (unpaired) electrons. The first-order valence-corrected chi connectivity index (χ1v) is 8.22. The maximum Gasteiger partial charge on any atom is 0.141 e. The van der Waals surface area contributed by atoms with Crippen LogP contribution in [-0.2, 0) is 4.74 Å². The highest BCUT2D eigenvalue weighted by molar-refractivity contribution is 6.16. The zero-order chi connectivity index (χ0) is 19.1. The second-order valence-electron chi connectivity index (χ2n) is 6.12. The van der Waals surface area contributed by atoms with Gasteiger partial charge in [0.15, 0.2) is 0 Å². The summed E-state index contributed by atoms with van der Waals surface area (Å²) in [5, 5.41) is 11.5. The van der Waals surface area contributed by atoms with Gasteiger partial charge >= 0.3 is 0 Å². The standard InChI is InChI=1S/C19H24N6O/c1-12(10-26-3)9-23-19-17(18(22)24-11-25-19)16(21)7-5-14-8-15(20)6-4-13(14)2/h4,6,8,11-12,21H,9-10,20H2,1-3H3,(H3,22,23,24,25)/t12-/m1/s1. The number of benzene rings is 1. The predicted molar refractivity (Wildman–Crippen MR) is 105 cm³/mol. The highest BCUT2D eigenvalue weighted by Gasteiger charge is 2.14. The van der Waals surface area contributed by atoms with Gasteiger partial charge in [-0.25, -0.2) is 9.97 Å². The van der Waals surface area contributed by atoms with Crippen LogP contribution < -0.4 is 16.8 Å². The van der Waals surface area contributed by atoms with Gasteiger partial charge in [0.05, 0.1) is 12.2 Å². The van der Waals surface area contributed by atoms with Crippen molar-refractivity contribution in [2.24, 2.45) is 5.92 Å². The van der Waals surface area contributed by atoms with Crippen molar-refractivity contribution in [3.8, 4) is 11.8 Å². The molecule has 0 aliphatic rings. The van der Waals surface area contributed by atoms with Crippen LogP contribution in [0.25, 0.3) is 0 Å². The largest absolute Gasteiger partial charge is 0.399 e. The van der Waals surface area contributed by atoms with Crippen molar-refractivity contribution in [1.82, 2.24) is 9.97 Å². The summed E-state index contributed by atoms with van der Waals surface area (Å²) in [6.07, 6.45) is 1.37. The summed E-state index contributed by atoms with van der Waals surface area (Å²) >= 11 is 0. The molecule has 1 atom stereocenters. The Hall–Kier alpha value is -3.11. The molecule has 7 heteroatoms. The molecule has 136 valence electrons. The summed E-state index contributed by atoms with van der Waals surface area (Å²) in [5.74, 6) is 6.79. The number of anilines is 3. The van der Waals surface area contributed by atoms with E-state index in [4.69, 9.17) is 21.6 Å². The molecule has 1 aromatic heterocycles. The van der Waals surface area contributed by atoms with E-state index in [1.807, 2.05) is 19.1 Å². The fourth-order valence-electron chi connectivity index (χ4n) is 2.36. The summed E-state index contributed by atoms with van der Waals surface area (Å²) in [4.78, 5) is 8.19. The molecule has 0 fully saturated rings. The summed E-state index contributed by atoms with van der Waals surface area (Å²) in [5.41, 5.74) is 14.6. The number of nitrogen functional groups attached to an aromatic ring is 2. The molecule has 1 heterocycles. The van der Waals surface area contributed by atoms with Gasteiger partial charge in [-0.3, -0.25) is 5.41 Å². The Kier molecular flexibility index (Phi) is 6.53. The van der Waals surface area contributed by atoms with E-state index >= 15 is 0 Å². The highest BCUT2D eigenvalue weighted by atomic mass is 16.5. The van der Waals surface area contributed by atoms with Gasteiger partial charge in [-0.2, -0.15) is 0 Å². The molecule has 0 saturated heterocycles. The molecule has 0 bridgehead atoms. The Labute approximate surface area is 153 Å². The van der Waals surface area contributed by atoms with Gasteiger partial charge < -0.3 is 21.5 Å². The summed E-state index contributed by atoms with van der Waals surface area (Å²) in [6, 6.07) is 5.50. The van der Waals surface area contributed by atoms with Gasteiger partial charge in [-0.15, -0.1) is 0 Å². The van der Waals surface area contributed by atoms with Crippen LogP contribution in [0.5, 0.6) is 0 Å². The van der Waals surface area contributed by atoms with Crippen LogP contribution in [-0.4, -0.2) is 35.9 Å². The average Bonchev–Trinajstić information content (AvgIpc) is 2.60. The number of ether oxygens (including phenoxy) is 1. The molecule has 0 aliphatic carbocycles. The number of aromatic nitrogens is 2. The van der Waals surface area contributed by atoms with Gasteiger partial charge in [0.1, 0.15) is 23.7 Å². The lowest BCUT2D eigenvalue weighted by atomic mass is 10.1. The Balaban J connectivity index is 2.26. The number of hydrogen-bond acceptors (Lipinski definition) is 7. The third-order valence-corrected chi connectivity index (χ3v) is 3.78. The Morgan fingerprint density at radius 2 is 2.12 bits per heavy atom. The van der Waals surface area contributed by atoms with E-state index in [1.54, 1.807) is 13.2 Å². The van der Waals surface area contributed by atoms with Crippen LogP contribution in [0, 0.1) is 30.1 Å². The topological polar surface area (TPSA) is 123 Å².